The molecule has 0 aliphatic rings. The molecule has 0 N–H and O–H groups in total. The quantitative estimate of drug-likeness (QED) is 0.442. The van der Waals surface area contributed by atoms with Crippen LogP contribution in [-0.4, -0.2) is 22.1 Å². The maximum Gasteiger partial charge on any atom is 0.342 e. The average Bonchev–Trinajstić information content (AvgIpc) is 2.46. The molecule has 0 spiro atoms. The molecule has 0 bridgehead atoms. The van der Waals surface area contributed by atoms with Gasteiger partial charge in [0.25, 0.3) is 0 Å². The Hall–Kier alpha value is -1.34. The van der Waals surface area contributed by atoms with E-state index in [1.54, 1.807) is 20.0 Å². The minimum Gasteiger partial charge on any atom is -0.467 e. The maximum absolute atomic E-state index is 14.5. The molecule has 135 valence electrons. The lowest BCUT2D eigenvalue weighted by Gasteiger charge is -2.44. The second-order valence-electron chi connectivity index (χ2n) is 7.07. The van der Waals surface area contributed by atoms with Crippen LogP contribution in [-0.2, 0) is 19.6 Å². The molecule has 1 radical (unpaired) electrons. The summed E-state index contributed by atoms with van der Waals surface area (Å²) in [6.45, 7) is 10.8. The van der Waals surface area contributed by atoms with E-state index in [0.717, 1.165) is 7.11 Å². The summed E-state index contributed by atoms with van der Waals surface area (Å²) in [7, 11) is -0.361. The summed E-state index contributed by atoms with van der Waals surface area (Å²) in [5, 5.41) is 0. The van der Waals surface area contributed by atoms with Gasteiger partial charge in [-0.1, -0.05) is 27.7 Å². The Kier molecular flexibility index (Phi) is 6.27. The first-order valence-electron chi connectivity index (χ1n) is 7.60. The summed E-state index contributed by atoms with van der Waals surface area (Å²) in [6.07, 6.45) is 0. The van der Waals surface area contributed by atoms with Crippen molar-refractivity contribution in [3.8, 4) is 0 Å². The summed E-state index contributed by atoms with van der Waals surface area (Å²) in [5.41, 5.74) is -2.70. The van der Waals surface area contributed by atoms with E-state index in [1.165, 1.54) is 0 Å². The first-order chi connectivity index (χ1) is 10.9. The van der Waals surface area contributed by atoms with Gasteiger partial charge in [0.05, 0.1) is 7.11 Å². The number of carbonyl (C=O) groups excluding carboxylic acids is 1. The number of rotatable bonds is 5. The van der Waals surface area contributed by atoms with Gasteiger partial charge in [-0.15, -0.1) is 0 Å². The van der Waals surface area contributed by atoms with Crippen LogP contribution >= 0.6 is 0 Å². The zero-order chi connectivity index (χ0) is 18.9. The third-order valence-corrected chi connectivity index (χ3v) is 4.90. The van der Waals surface area contributed by atoms with Crippen LogP contribution in [0.25, 0.3) is 0 Å². The van der Waals surface area contributed by atoms with Crippen molar-refractivity contribution in [2.75, 3.05) is 7.11 Å². The molecule has 0 aliphatic carbocycles. The summed E-state index contributed by atoms with van der Waals surface area (Å²) in [6, 6.07) is 1.12. The fourth-order valence-electron chi connectivity index (χ4n) is 2.60. The molecule has 0 saturated heterocycles. The molecule has 1 aromatic carbocycles. The van der Waals surface area contributed by atoms with Crippen molar-refractivity contribution in [1.82, 2.24) is 0 Å². The predicted molar refractivity (Wildman–Crippen MR) is 87.2 cm³/mol. The Labute approximate surface area is 142 Å². The van der Waals surface area contributed by atoms with Crippen LogP contribution in [0.15, 0.2) is 12.1 Å². The second-order valence-corrected chi connectivity index (χ2v) is 9.09. The van der Waals surface area contributed by atoms with Crippen LogP contribution in [0.2, 0.25) is 13.1 Å². The van der Waals surface area contributed by atoms with Gasteiger partial charge < -0.3 is 9.16 Å². The number of hydrogen-bond acceptors (Lipinski definition) is 3. The van der Waals surface area contributed by atoms with Crippen LogP contribution in [0, 0.1) is 28.8 Å². The van der Waals surface area contributed by atoms with Gasteiger partial charge in [0.1, 0.15) is 5.82 Å². The third kappa shape index (κ3) is 3.83. The molecule has 1 rings (SSSR count). The highest BCUT2D eigenvalue weighted by atomic mass is 28.3. The Morgan fingerprint density at radius 1 is 1.08 bits per heavy atom. The van der Waals surface area contributed by atoms with Crippen molar-refractivity contribution in [1.29, 1.82) is 0 Å². The van der Waals surface area contributed by atoms with E-state index in [2.05, 4.69) is 0 Å². The van der Waals surface area contributed by atoms with Crippen molar-refractivity contribution in [3.63, 3.8) is 0 Å². The molecule has 24 heavy (non-hydrogen) atoms. The highest BCUT2D eigenvalue weighted by molar-refractivity contribution is 6.48. The van der Waals surface area contributed by atoms with E-state index in [1.807, 2.05) is 20.8 Å². The summed E-state index contributed by atoms with van der Waals surface area (Å²) in [4.78, 5) is 12.7. The van der Waals surface area contributed by atoms with Crippen molar-refractivity contribution < 1.29 is 27.1 Å². The summed E-state index contributed by atoms with van der Waals surface area (Å²) in [5.74, 6) is -5.02. The smallest absolute Gasteiger partial charge is 0.342 e. The number of ether oxygens (including phenoxy) is 1. The van der Waals surface area contributed by atoms with Gasteiger partial charge in [-0.25, -0.2) is 18.0 Å². The number of esters is 1. The molecule has 0 heterocycles. The summed E-state index contributed by atoms with van der Waals surface area (Å²) < 4.78 is 52.5. The molecule has 0 saturated carbocycles. The number of carbonyl (C=O) groups is 1. The lowest BCUT2D eigenvalue weighted by Crippen LogP contribution is -2.52. The molecule has 0 aromatic heterocycles. The SMILES string of the molecule is COC(=O)[C@@](O[Si](C)C)(c1cc(F)c(F)cc1F)C(C)C(C)(C)C. The van der Waals surface area contributed by atoms with Crippen LogP contribution in [0.5, 0.6) is 0 Å². The zero-order valence-electron chi connectivity index (χ0n) is 15.1. The van der Waals surface area contributed by atoms with Gasteiger partial charge in [0, 0.05) is 17.5 Å². The number of hydrogen-bond donors (Lipinski definition) is 0. The zero-order valence-corrected chi connectivity index (χ0v) is 16.1. The monoisotopic (exact) mass is 361 g/mol. The van der Waals surface area contributed by atoms with Gasteiger partial charge in [-0.2, -0.15) is 0 Å². The summed E-state index contributed by atoms with van der Waals surface area (Å²) >= 11 is 0. The Morgan fingerprint density at radius 2 is 1.58 bits per heavy atom. The van der Waals surface area contributed by atoms with Gasteiger partial charge in [0.2, 0.25) is 9.04 Å². The number of halogens is 3. The lowest BCUT2D eigenvalue weighted by atomic mass is 9.68. The molecule has 0 aliphatic heterocycles. The lowest BCUT2D eigenvalue weighted by molar-refractivity contribution is -0.171. The van der Waals surface area contributed by atoms with Gasteiger partial charge in [0.15, 0.2) is 17.2 Å². The first kappa shape index (κ1) is 20.7. The molecule has 0 amide bonds. The van der Waals surface area contributed by atoms with E-state index in [0.29, 0.717) is 12.1 Å². The highest BCUT2D eigenvalue weighted by Gasteiger charge is 2.53. The van der Waals surface area contributed by atoms with Crippen LogP contribution in [0.4, 0.5) is 13.2 Å². The van der Waals surface area contributed by atoms with Crippen molar-refractivity contribution in [2.45, 2.75) is 46.4 Å². The van der Waals surface area contributed by atoms with Crippen molar-refractivity contribution >= 4 is 15.0 Å². The Bertz CT molecular complexity index is 614. The first-order valence-corrected chi connectivity index (χ1v) is 10.0. The van der Waals surface area contributed by atoms with Crippen LogP contribution < -0.4 is 0 Å². The molecule has 2 atom stereocenters. The topological polar surface area (TPSA) is 35.5 Å². The van der Waals surface area contributed by atoms with Crippen LogP contribution in [0.1, 0.15) is 33.3 Å². The van der Waals surface area contributed by atoms with Gasteiger partial charge >= 0.3 is 5.97 Å². The molecular weight excluding hydrogens is 337 g/mol. The fourth-order valence-corrected chi connectivity index (χ4v) is 3.61. The Balaban J connectivity index is 3.81. The molecule has 7 heteroatoms. The number of benzene rings is 1. The third-order valence-electron chi connectivity index (χ3n) is 4.17. The molecule has 1 unspecified atom stereocenters. The predicted octanol–water partition coefficient (Wildman–Crippen LogP) is 4.42. The van der Waals surface area contributed by atoms with E-state index < -0.39 is 49.4 Å². The molecule has 3 nitrogen and oxygen atoms in total. The van der Waals surface area contributed by atoms with Crippen molar-refractivity contribution in [3.05, 3.63) is 35.1 Å². The van der Waals surface area contributed by atoms with E-state index >= 15 is 0 Å². The van der Waals surface area contributed by atoms with E-state index in [4.69, 9.17) is 9.16 Å². The standard InChI is InChI=1S/C17H24F3O3Si/c1-10(16(2,3)4)17(15(21)22-5,23-24(6)7)11-8-13(19)14(20)9-12(11)18/h8-10H,1-7H3/t10?,17-/m0/s1. The van der Waals surface area contributed by atoms with Crippen molar-refractivity contribution in [2.24, 2.45) is 11.3 Å². The van der Waals surface area contributed by atoms with Gasteiger partial charge in [-0.05, 0) is 24.6 Å². The minimum absolute atomic E-state index is 0.345. The van der Waals surface area contributed by atoms with E-state index in [-0.39, 0.29) is 5.56 Å². The average molecular weight is 361 g/mol. The highest BCUT2D eigenvalue weighted by Crippen LogP contribution is 2.46. The van der Waals surface area contributed by atoms with E-state index in [9.17, 15) is 18.0 Å². The largest absolute Gasteiger partial charge is 0.467 e. The normalized spacial score (nSPS) is 16.0. The molecular formula is C17H24F3O3Si. The Morgan fingerprint density at radius 3 is 2.00 bits per heavy atom. The minimum atomic E-state index is -1.86. The van der Waals surface area contributed by atoms with Gasteiger partial charge in [-0.3, -0.25) is 0 Å². The molecule has 1 aromatic rings. The fraction of sp³-hybridized carbons (Fsp3) is 0.588. The number of methoxy groups -OCH3 is 1. The van der Waals surface area contributed by atoms with Crippen LogP contribution in [0.3, 0.4) is 0 Å². The molecule has 0 fully saturated rings. The second kappa shape index (κ2) is 7.27. The maximum atomic E-state index is 14.5.